The van der Waals surface area contributed by atoms with Gasteiger partial charge in [0, 0.05) is 43.7 Å². The SMILES string of the molecule is C1=CCCC(C2=CC(c3ccccc3)=CC(c3cccc(-n4c5ccccc5c5c6c7ccccc7oc6c6ccccc6c54)c3)N2)=C1. The van der Waals surface area contributed by atoms with Gasteiger partial charge in [-0.1, -0.05) is 121 Å². The minimum Gasteiger partial charge on any atom is -0.455 e. The van der Waals surface area contributed by atoms with E-state index < -0.39 is 0 Å². The third-order valence-corrected chi connectivity index (χ3v) is 10.1. The lowest BCUT2D eigenvalue weighted by atomic mass is 9.91. The Labute approximate surface area is 278 Å². The highest BCUT2D eigenvalue weighted by atomic mass is 16.3. The van der Waals surface area contributed by atoms with E-state index in [4.69, 9.17) is 4.42 Å². The molecule has 3 heteroatoms. The Morgan fingerprint density at radius 1 is 0.688 bits per heavy atom. The molecule has 0 bridgehead atoms. The predicted octanol–water partition coefficient (Wildman–Crippen LogP) is 11.7. The van der Waals surface area contributed by atoms with Crippen molar-refractivity contribution in [2.45, 2.75) is 18.9 Å². The normalized spacial score (nSPS) is 16.4. The van der Waals surface area contributed by atoms with E-state index in [0.717, 1.165) is 40.5 Å². The molecule has 1 atom stereocenters. The summed E-state index contributed by atoms with van der Waals surface area (Å²) < 4.78 is 9.07. The average molecular weight is 617 g/mol. The van der Waals surface area contributed by atoms with Crippen LogP contribution in [0.1, 0.15) is 30.0 Å². The van der Waals surface area contributed by atoms with Crippen molar-refractivity contribution in [1.82, 2.24) is 9.88 Å². The zero-order valence-corrected chi connectivity index (χ0v) is 26.4. The van der Waals surface area contributed by atoms with Crippen molar-refractivity contribution in [3.63, 3.8) is 0 Å². The lowest BCUT2D eigenvalue weighted by Gasteiger charge is -2.27. The standard InChI is InChI=1S/C45H32N2O/c1-3-14-29(15-4-1)32-27-38(30-16-5-2-6-17-30)46-39(28-32)31-18-13-19-33(26-31)47-40-24-11-9-22-36(40)42-43-37-23-10-12-25-41(37)48-45(43)35-21-8-7-20-34(35)44(42)47/h1-5,7-16,18-28,39,46H,6,17H2. The van der Waals surface area contributed by atoms with Crippen LogP contribution in [0.15, 0.2) is 173 Å². The first-order valence-electron chi connectivity index (χ1n) is 16.8. The molecule has 0 spiro atoms. The monoisotopic (exact) mass is 616 g/mol. The van der Waals surface area contributed by atoms with Gasteiger partial charge in [0.15, 0.2) is 0 Å². The van der Waals surface area contributed by atoms with Crippen LogP contribution in [-0.2, 0) is 0 Å². The van der Waals surface area contributed by atoms with Crippen molar-refractivity contribution < 1.29 is 4.42 Å². The fraction of sp³-hybridized carbons (Fsp3) is 0.0667. The Bertz CT molecular complexity index is 2700. The highest BCUT2D eigenvalue weighted by molar-refractivity contribution is 6.35. The maximum Gasteiger partial charge on any atom is 0.144 e. The fourth-order valence-corrected chi connectivity index (χ4v) is 7.88. The summed E-state index contributed by atoms with van der Waals surface area (Å²) in [6.45, 7) is 0. The third-order valence-electron chi connectivity index (χ3n) is 10.1. The van der Waals surface area contributed by atoms with E-state index in [1.54, 1.807) is 0 Å². The van der Waals surface area contributed by atoms with Gasteiger partial charge in [0.2, 0.25) is 0 Å². The molecule has 228 valence electrons. The number of para-hydroxylation sites is 2. The second kappa shape index (κ2) is 10.8. The van der Waals surface area contributed by atoms with E-state index >= 15 is 0 Å². The van der Waals surface area contributed by atoms with Crippen LogP contribution >= 0.6 is 0 Å². The number of nitrogens with zero attached hydrogens (tertiary/aromatic N) is 1. The second-order valence-corrected chi connectivity index (χ2v) is 12.8. The molecule has 0 saturated carbocycles. The number of dihydropyridines is 1. The number of hydrogen-bond acceptors (Lipinski definition) is 2. The molecule has 2 aliphatic rings. The molecule has 1 N–H and O–H groups in total. The number of benzene rings is 6. The number of hydrogen-bond donors (Lipinski definition) is 1. The van der Waals surface area contributed by atoms with Crippen LogP contribution in [0, 0.1) is 0 Å². The molecule has 0 amide bonds. The maximum atomic E-state index is 6.60. The lowest BCUT2D eigenvalue weighted by Crippen LogP contribution is -2.24. The Morgan fingerprint density at radius 3 is 2.31 bits per heavy atom. The summed E-state index contributed by atoms with van der Waals surface area (Å²) >= 11 is 0. The zero-order chi connectivity index (χ0) is 31.6. The number of fused-ring (bicyclic) bond motifs is 10. The molecule has 8 aromatic rings. The first-order chi connectivity index (χ1) is 23.8. The first-order valence-corrected chi connectivity index (χ1v) is 16.8. The minimum atomic E-state index is 0.0151. The van der Waals surface area contributed by atoms with Crippen molar-refractivity contribution >= 4 is 60.1 Å². The van der Waals surface area contributed by atoms with Gasteiger partial charge in [-0.15, -0.1) is 0 Å². The summed E-state index contributed by atoms with van der Waals surface area (Å²) in [7, 11) is 0. The topological polar surface area (TPSA) is 30.1 Å². The third kappa shape index (κ3) is 4.14. The molecule has 10 rings (SSSR count). The molecule has 1 unspecified atom stereocenters. The van der Waals surface area contributed by atoms with Gasteiger partial charge in [-0.05, 0) is 71.5 Å². The highest BCUT2D eigenvalue weighted by Gasteiger charge is 2.24. The van der Waals surface area contributed by atoms with Gasteiger partial charge in [0.25, 0.3) is 0 Å². The van der Waals surface area contributed by atoms with E-state index in [0.29, 0.717) is 0 Å². The van der Waals surface area contributed by atoms with Crippen molar-refractivity contribution in [1.29, 1.82) is 0 Å². The molecular weight excluding hydrogens is 585 g/mol. The molecule has 1 aliphatic carbocycles. The average Bonchev–Trinajstić information content (AvgIpc) is 3.72. The molecule has 0 fully saturated rings. The summed E-state index contributed by atoms with van der Waals surface area (Å²) in [4.78, 5) is 0. The van der Waals surface area contributed by atoms with E-state index in [1.807, 2.05) is 0 Å². The van der Waals surface area contributed by atoms with Crippen LogP contribution < -0.4 is 5.32 Å². The summed E-state index contributed by atoms with van der Waals surface area (Å²) in [5.41, 5.74) is 11.7. The van der Waals surface area contributed by atoms with Gasteiger partial charge in [-0.25, -0.2) is 0 Å². The van der Waals surface area contributed by atoms with Crippen LogP contribution in [0.5, 0.6) is 0 Å². The summed E-state index contributed by atoms with van der Waals surface area (Å²) in [6.07, 6.45) is 13.5. The number of allylic oxidation sites excluding steroid dienone is 6. The van der Waals surface area contributed by atoms with Crippen molar-refractivity contribution in [3.8, 4) is 5.69 Å². The molecular formula is C45H32N2O. The number of furan rings is 1. The number of nitrogens with one attached hydrogen (secondary N) is 1. The summed E-state index contributed by atoms with van der Waals surface area (Å²) in [6, 6.07) is 45.8. The van der Waals surface area contributed by atoms with Crippen LogP contribution in [0.4, 0.5) is 0 Å². The Kier molecular flexibility index (Phi) is 6.07. The Hall–Kier alpha value is -6.06. The summed E-state index contributed by atoms with van der Waals surface area (Å²) in [5.74, 6) is 0. The van der Waals surface area contributed by atoms with Crippen molar-refractivity contribution in [3.05, 3.63) is 180 Å². The van der Waals surface area contributed by atoms with Crippen LogP contribution in [0.25, 0.3) is 65.8 Å². The van der Waals surface area contributed by atoms with Crippen LogP contribution in [0.2, 0.25) is 0 Å². The Balaban J connectivity index is 1.22. The van der Waals surface area contributed by atoms with E-state index in [9.17, 15) is 0 Å². The van der Waals surface area contributed by atoms with E-state index in [1.165, 1.54) is 60.5 Å². The van der Waals surface area contributed by atoms with E-state index in [2.05, 4.69) is 168 Å². The van der Waals surface area contributed by atoms with Gasteiger partial charge >= 0.3 is 0 Å². The first kappa shape index (κ1) is 27.1. The lowest BCUT2D eigenvalue weighted by molar-refractivity contribution is 0.673. The van der Waals surface area contributed by atoms with Crippen molar-refractivity contribution in [2.24, 2.45) is 0 Å². The minimum absolute atomic E-state index is 0.0151. The van der Waals surface area contributed by atoms with Gasteiger partial charge < -0.3 is 14.3 Å². The van der Waals surface area contributed by atoms with Gasteiger partial charge in [-0.3, -0.25) is 0 Å². The second-order valence-electron chi connectivity index (χ2n) is 12.8. The maximum absolute atomic E-state index is 6.60. The smallest absolute Gasteiger partial charge is 0.144 e. The number of aromatic nitrogens is 1. The largest absolute Gasteiger partial charge is 0.455 e. The summed E-state index contributed by atoms with van der Waals surface area (Å²) in [5, 5.41) is 11.0. The molecule has 1 aliphatic heterocycles. The molecule has 3 heterocycles. The van der Waals surface area contributed by atoms with E-state index in [-0.39, 0.29) is 6.04 Å². The van der Waals surface area contributed by atoms with Gasteiger partial charge in [0.1, 0.15) is 11.2 Å². The molecule has 3 nitrogen and oxygen atoms in total. The van der Waals surface area contributed by atoms with Gasteiger partial charge in [0.05, 0.1) is 17.1 Å². The molecule has 48 heavy (non-hydrogen) atoms. The fourth-order valence-electron chi connectivity index (χ4n) is 7.88. The van der Waals surface area contributed by atoms with Gasteiger partial charge in [-0.2, -0.15) is 0 Å². The Morgan fingerprint density at radius 2 is 1.46 bits per heavy atom. The predicted molar refractivity (Wildman–Crippen MR) is 200 cm³/mol. The quantitative estimate of drug-likeness (QED) is 0.213. The molecule has 0 radical (unpaired) electrons. The zero-order valence-electron chi connectivity index (χ0n) is 26.4. The molecule has 6 aromatic carbocycles. The van der Waals surface area contributed by atoms with Crippen LogP contribution in [-0.4, -0.2) is 4.57 Å². The molecule has 2 aromatic heterocycles. The highest BCUT2D eigenvalue weighted by Crippen LogP contribution is 2.46. The molecule has 0 saturated heterocycles. The number of rotatable bonds is 4. The van der Waals surface area contributed by atoms with Crippen LogP contribution in [0.3, 0.4) is 0 Å². The van der Waals surface area contributed by atoms with Crippen molar-refractivity contribution in [2.75, 3.05) is 0 Å².